The number of hydrogen-bond donors (Lipinski definition) is 4. The van der Waals surface area contributed by atoms with Gasteiger partial charge in [-0.05, 0) is 36.6 Å². The zero-order valence-electron chi connectivity index (χ0n) is 18.0. The normalized spacial score (nSPS) is 14.8. The highest BCUT2D eigenvalue weighted by molar-refractivity contribution is 5.58. The van der Waals surface area contributed by atoms with Crippen LogP contribution in [0.4, 0.5) is 5.82 Å². The highest BCUT2D eigenvalue weighted by atomic mass is 16.3. The van der Waals surface area contributed by atoms with Crippen molar-refractivity contribution in [3.8, 4) is 11.6 Å². The lowest BCUT2D eigenvalue weighted by molar-refractivity contribution is 0.454. The van der Waals surface area contributed by atoms with Crippen LogP contribution < -0.4 is 21.7 Å². The number of rotatable bonds is 6. The van der Waals surface area contributed by atoms with E-state index in [1.54, 1.807) is 23.0 Å². The lowest BCUT2D eigenvalue weighted by atomic mass is 10.2. The van der Waals surface area contributed by atoms with Crippen LogP contribution in [0.1, 0.15) is 24.1 Å². The standard InChI is InChI=1S/C23H21N9O2/c33-22-17(28-23(34)30-22)10-15-13-26-32-20(27-16-6-7-16)11-19(29-21(15)32)24-12-14-4-1-2-5-18(14)31-9-3-8-25-31/h1-5,8-11,13,16,24,33H,6-7,12H2,(H2,28,30,34)/b15-10+,27-20?. The van der Waals surface area contributed by atoms with Crippen LogP contribution in [-0.4, -0.2) is 45.5 Å². The summed E-state index contributed by atoms with van der Waals surface area (Å²) in [5.41, 5.74) is 3.07. The SMILES string of the molecule is O=c1[nH]c(O)c(/C=c2\cnn3c(=NC4CC4)cc(NCc4ccccc4-n4cccn4)nc23)[nH]1. The fourth-order valence-corrected chi connectivity index (χ4v) is 3.77. The number of para-hydroxylation sites is 1. The molecule has 34 heavy (non-hydrogen) atoms. The molecule has 0 radical (unpaired) electrons. The second-order valence-corrected chi connectivity index (χ2v) is 8.11. The number of aromatic nitrogens is 7. The molecule has 4 aromatic heterocycles. The van der Waals surface area contributed by atoms with E-state index in [0.29, 0.717) is 34.8 Å². The first-order valence-corrected chi connectivity index (χ1v) is 10.9. The minimum absolute atomic E-state index is 0.239. The van der Waals surface area contributed by atoms with Gasteiger partial charge in [0.25, 0.3) is 0 Å². The first-order valence-electron chi connectivity index (χ1n) is 10.9. The molecule has 0 saturated heterocycles. The number of nitrogens with one attached hydrogen (secondary N) is 3. The largest absolute Gasteiger partial charge is 0.493 e. The minimum Gasteiger partial charge on any atom is -0.493 e. The van der Waals surface area contributed by atoms with Crippen molar-refractivity contribution in [2.75, 3.05) is 5.32 Å². The number of anilines is 1. The van der Waals surface area contributed by atoms with Gasteiger partial charge < -0.3 is 15.4 Å². The van der Waals surface area contributed by atoms with Crippen LogP contribution in [0.2, 0.25) is 0 Å². The van der Waals surface area contributed by atoms with E-state index in [0.717, 1.165) is 24.1 Å². The molecule has 170 valence electrons. The van der Waals surface area contributed by atoms with E-state index in [4.69, 9.17) is 9.98 Å². The van der Waals surface area contributed by atoms with Crippen molar-refractivity contribution in [2.45, 2.75) is 25.4 Å². The predicted molar refractivity (Wildman–Crippen MR) is 124 cm³/mol. The first-order chi connectivity index (χ1) is 16.6. The van der Waals surface area contributed by atoms with E-state index in [1.807, 2.05) is 47.3 Å². The maximum absolute atomic E-state index is 11.5. The average Bonchev–Trinajstić information content (AvgIpc) is 3.20. The third kappa shape index (κ3) is 3.83. The number of hydrogen-bond acceptors (Lipinski definition) is 7. The zero-order chi connectivity index (χ0) is 23.1. The quantitative estimate of drug-likeness (QED) is 0.299. The van der Waals surface area contributed by atoms with Gasteiger partial charge in [-0.2, -0.15) is 14.7 Å². The fraction of sp³-hybridized carbons (Fsp3) is 0.174. The summed E-state index contributed by atoms with van der Waals surface area (Å²) in [6.07, 6.45) is 9.03. The van der Waals surface area contributed by atoms with Gasteiger partial charge in [0.15, 0.2) is 11.1 Å². The number of H-pyrrole nitrogens is 2. The molecule has 11 heteroatoms. The van der Waals surface area contributed by atoms with Gasteiger partial charge in [0.1, 0.15) is 11.5 Å². The van der Waals surface area contributed by atoms with E-state index in [2.05, 4.69) is 25.5 Å². The lowest BCUT2D eigenvalue weighted by Gasteiger charge is -2.11. The molecule has 1 aliphatic rings. The molecule has 0 bridgehead atoms. The van der Waals surface area contributed by atoms with Crippen LogP contribution in [0, 0.1) is 0 Å². The maximum Gasteiger partial charge on any atom is 0.326 e. The minimum atomic E-state index is -0.490. The molecule has 4 heterocycles. The van der Waals surface area contributed by atoms with E-state index in [9.17, 15) is 9.90 Å². The zero-order valence-corrected chi connectivity index (χ0v) is 18.0. The van der Waals surface area contributed by atoms with Crippen LogP contribution in [0.15, 0.2) is 64.8 Å². The molecule has 1 fully saturated rings. The summed E-state index contributed by atoms with van der Waals surface area (Å²) in [6.45, 7) is 0.529. The third-order valence-electron chi connectivity index (χ3n) is 5.58. The van der Waals surface area contributed by atoms with Gasteiger partial charge >= 0.3 is 5.69 Å². The number of imidazole rings is 1. The molecular weight excluding hydrogens is 434 g/mol. The number of aromatic hydroxyl groups is 1. The van der Waals surface area contributed by atoms with Crippen molar-refractivity contribution in [2.24, 2.45) is 4.99 Å². The molecule has 6 rings (SSSR count). The lowest BCUT2D eigenvalue weighted by Crippen LogP contribution is -2.20. The Morgan fingerprint density at radius 3 is 2.85 bits per heavy atom. The summed E-state index contributed by atoms with van der Waals surface area (Å²) in [7, 11) is 0. The number of fused-ring (bicyclic) bond motifs is 1. The molecule has 0 aliphatic heterocycles. The molecule has 4 N–H and O–H groups in total. The highest BCUT2D eigenvalue weighted by Crippen LogP contribution is 2.22. The monoisotopic (exact) mass is 455 g/mol. The molecule has 11 nitrogen and oxygen atoms in total. The van der Waals surface area contributed by atoms with Gasteiger partial charge in [-0.15, -0.1) is 0 Å². The topological polar surface area (TPSA) is 141 Å². The van der Waals surface area contributed by atoms with Crippen molar-refractivity contribution in [1.82, 2.24) is 34.3 Å². The Kier molecular flexibility index (Phi) is 4.72. The summed E-state index contributed by atoms with van der Waals surface area (Å²) in [5.74, 6) is 0.404. The van der Waals surface area contributed by atoms with Crippen molar-refractivity contribution in [3.05, 3.63) is 87.4 Å². The van der Waals surface area contributed by atoms with Crippen molar-refractivity contribution < 1.29 is 5.11 Å². The Bertz CT molecular complexity index is 1660. The summed E-state index contributed by atoms with van der Waals surface area (Å²) in [4.78, 5) is 25.9. The molecule has 5 aromatic rings. The highest BCUT2D eigenvalue weighted by Gasteiger charge is 2.20. The van der Waals surface area contributed by atoms with Gasteiger partial charge in [-0.25, -0.2) is 14.5 Å². The Balaban J connectivity index is 1.41. The van der Waals surface area contributed by atoms with Gasteiger partial charge in [-0.1, -0.05) is 18.2 Å². The Labute approximate surface area is 192 Å². The van der Waals surface area contributed by atoms with Crippen LogP contribution >= 0.6 is 0 Å². The molecule has 1 aromatic carbocycles. The Morgan fingerprint density at radius 1 is 1.21 bits per heavy atom. The van der Waals surface area contributed by atoms with Gasteiger partial charge in [0.2, 0.25) is 5.88 Å². The van der Waals surface area contributed by atoms with E-state index in [-0.39, 0.29) is 11.6 Å². The molecule has 0 amide bonds. The van der Waals surface area contributed by atoms with Crippen molar-refractivity contribution in [1.29, 1.82) is 0 Å². The van der Waals surface area contributed by atoms with E-state index in [1.165, 1.54) is 0 Å². The van der Waals surface area contributed by atoms with Crippen LogP contribution in [-0.2, 0) is 6.54 Å². The molecular formula is C23H21N9O2. The van der Waals surface area contributed by atoms with Crippen molar-refractivity contribution >= 4 is 17.5 Å². The maximum atomic E-state index is 11.5. The summed E-state index contributed by atoms with van der Waals surface area (Å²) < 4.78 is 3.50. The van der Waals surface area contributed by atoms with E-state index >= 15 is 0 Å². The molecule has 1 aliphatic carbocycles. The van der Waals surface area contributed by atoms with Gasteiger partial charge in [0.05, 0.1) is 17.9 Å². The third-order valence-corrected chi connectivity index (χ3v) is 5.58. The number of nitrogens with zero attached hydrogens (tertiary/aromatic N) is 6. The van der Waals surface area contributed by atoms with Crippen LogP contribution in [0.25, 0.3) is 17.4 Å². The summed E-state index contributed by atoms with van der Waals surface area (Å²) in [6, 6.07) is 12.1. The smallest absolute Gasteiger partial charge is 0.326 e. The Hall–Kier alpha value is -4.67. The second kappa shape index (κ2) is 8.03. The van der Waals surface area contributed by atoms with Crippen LogP contribution in [0.5, 0.6) is 5.88 Å². The van der Waals surface area contributed by atoms with Gasteiger partial charge in [0, 0.05) is 30.2 Å². The summed E-state index contributed by atoms with van der Waals surface area (Å²) in [5, 5.41) is 22.8. The summed E-state index contributed by atoms with van der Waals surface area (Å²) >= 11 is 0. The molecule has 0 atom stereocenters. The van der Waals surface area contributed by atoms with Crippen molar-refractivity contribution in [3.63, 3.8) is 0 Å². The number of benzene rings is 1. The number of aromatic amines is 2. The fourth-order valence-electron chi connectivity index (χ4n) is 3.77. The predicted octanol–water partition coefficient (Wildman–Crippen LogP) is 0.860. The van der Waals surface area contributed by atoms with E-state index < -0.39 is 5.69 Å². The molecule has 1 saturated carbocycles. The average molecular weight is 455 g/mol. The first kappa shape index (κ1) is 20.0. The molecule has 0 spiro atoms. The molecule has 0 unspecified atom stereocenters. The Morgan fingerprint density at radius 2 is 2.09 bits per heavy atom. The van der Waals surface area contributed by atoms with Gasteiger partial charge in [-0.3, -0.25) is 9.98 Å². The van der Waals surface area contributed by atoms with Crippen LogP contribution in [0.3, 0.4) is 0 Å². The second-order valence-electron chi connectivity index (χ2n) is 8.11.